The molecule has 1 aliphatic rings. The predicted octanol–water partition coefficient (Wildman–Crippen LogP) is 6.50. The Balaban J connectivity index is 2.23. The smallest absolute Gasteiger partial charge is 0.229 e. The molecule has 0 saturated carbocycles. The number of aliphatic hydroxyl groups is 2. The highest BCUT2D eigenvalue weighted by Gasteiger charge is 2.51. The number of carbonyl (C=O) groups is 1. The van der Waals surface area contributed by atoms with Crippen molar-refractivity contribution >= 4 is 29.1 Å². The second-order valence-electron chi connectivity index (χ2n) is 9.61. The fourth-order valence-corrected chi connectivity index (χ4v) is 5.50. The Morgan fingerprint density at radius 3 is 2.39 bits per heavy atom. The van der Waals surface area contributed by atoms with Crippen molar-refractivity contribution in [3.05, 3.63) is 82.4 Å². The molecule has 3 rings (SSSR count). The summed E-state index contributed by atoms with van der Waals surface area (Å²) < 4.78 is 0. The van der Waals surface area contributed by atoms with Crippen molar-refractivity contribution in [2.45, 2.75) is 70.2 Å². The topological polar surface area (TPSA) is 60.8 Å². The van der Waals surface area contributed by atoms with Gasteiger partial charge in [0, 0.05) is 28.4 Å². The Bertz CT molecular complexity index is 986. The number of amides is 1. The van der Waals surface area contributed by atoms with E-state index in [0.717, 1.165) is 11.1 Å². The van der Waals surface area contributed by atoms with Crippen LogP contribution in [-0.2, 0) is 4.79 Å². The lowest BCUT2D eigenvalue weighted by atomic mass is 9.67. The molecule has 2 aromatic carbocycles. The molecular formula is C27H33Cl2NO3. The molecule has 0 aromatic heterocycles. The molecule has 1 amide bonds. The van der Waals surface area contributed by atoms with Gasteiger partial charge in [-0.25, -0.2) is 0 Å². The molecule has 2 N–H and O–H groups in total. The first-order valence-corrected chi connectivity index (χ1v) is 12.1. The molecular weight excluding hydrogens is 457 g/mol. The van der Waals surface area contributed by atoms with Gasteiger partial charge in [0.15, 0.2) is 5.79 Å². The Morgan fingerprint density at radius 1 is 1.18 bits per heavy atom. The largest absolute Gasteiger partial charge is 0.366 e. The Kier molecular flexibility index (Phi) is 7.95. The number of carbonyl (C=O) groups excluding carboxylic acids is 1. The maximum absolute atomic E-state index is 14.1. The lowest BCUT2D eigenvalue weighted by molar-refractivity contribution is -0.175. The van der Waals surface area contributed by atoms with Crippen LogP contribution in [0.4, 0.5) is 0 Å². The third-order valence-corrected chi connectivity index (χ3v) is 7.16. The van der Waals surface area contributed by atoms with E-state index in [9.17, 15) is 15.0 Å². The second kappa shape index (κ2) is 10.2. The van der Waals surface area contributed by atoms with Gasteiger partial charge in [0.05, 0.1) is 11.5 Å². The molecule has 178 valence electrons. The van der Waals surface area contributed by atoms with Gasteiger partial charge < -0.3 is 15.1 Å². The molecule has 4 atom stereocenters. The highest BCUT2D eigenvalue weighted by atomic mass is 35.5. The minimum Gasteiger partial charge on any atom is -0.366 e. The van der Waals surface area contributed by atoms with Crippen LogP contribution >= 0.6 is 23.2 Å². The number of benzene rings is 2. The molecule has 6 heteroatoms. The zero-order chi connectivity index (χ0) is 24.4. The first-order chi connectivity index (χ1) is 15.5. The lowest BCUT2D eigenvalue weighted by Gasteiger charge is -2.52. The predicted molar refractivity (Wildman–Crippen MR) is 134 cm³/mol. The van der Waals surface area contributed by atoms with Crippen molar-refractivity contribution in [1.82, 2.24) is 4.90 Å². The molecule has 0 bridgehead atoms. The first kappa shape index (κ1) is 25.8. The summed E-state index contributed by atoms with van der Waals surface area (Å²) in [7, 11) is 0. The molecule has 2 aromatic rings. The van der Waals surface area contributed by atoms with E-state index in [1.807, 2.05) is 67.3 Å². The summed E-state index contributed by atoms with van der Waals surface area (Å²) in [6.07, 6.45) is 3.56. The van der Waals surface area contributed by atoms with E-state index in [2.05, 4.69) is 6.58 Å². The first-order valence-electron chi connectivity index (χ1n) is 11.4. The fraction of sp³-hybridized carbons (Fsp3) is 0.444. The number of nitrogens with zero attached hydrogens (tertiary/aromatic N) is 1. The Labute approximate surface area is 206 Å². The van der Waals surface area contributed by atoms with E-state index in [4.69, 9.17) is 23.2 Å². The van der Waals surface area contributed by atoms with Crippen LogP contribution in [0.25, 0.3) is 0 Å². The van der Waals surface area contributed by atoms with E-state index in [1.165, 1.54) is 6.92 Å². The van der Waals surface area contributed by atoms with Gasteiger partial charge in [0.1, 0.15) is 0 Å². The van der Waals surface area contributed by atoms with Crippen LogP contribution < -0.4 is 0 Å². The van der Waals surface area contributed by atoms with Gasteiger partial charge in [0.2, 0.25) is 5.91 Å². The summed E-state index contributed by atoms with van der Waals surface area (Å²) in [5.74, 6) is -1.95. The molecule has 0 spiro atoms. The van der Waals surface area contributed by atoms with Crippen molar-refractivity contribution in [1.29, 1.82) is 0 Å². The highest BCUT2D eigenvalue weighted by Crippen LogP contribution is 2.52. The number of hydrogen-bond acceptors (Lipinski definition) is 3. The van der Waals surface area contributed by atoms with Gasteiger partial charge in [-0.15, -0.1) is 6.58 Å². The molecule has 1 fully saturated rings. The lowest BCUT2D eigenvalue weighted by Crippen LogP contribution is -2.56. The summed E-state index contributed by atoms with van der Waals surface area (Å²) in [5.41, 5.74) is 1.32. The van der Waals surface area contributed by atoms with E-state index >= 15 is 0 Å². The van der Waals surface area contributed by atoms with Gasteiger partial charge in [-0.3, -0.25) is 4.79 Å². The van der Waals surface area contributed by atoms with E-state index in [-0.39, 0.29) is 30.3 Å². The number of halogens is 2. The average Bonchev–Trinajstić information content (AvgIpc) is 2.74. The SMILES string of the molecule is C=CC[C@@]1(C)CC(c2cccc(Cl)c2)C(c2ccc(Cl)cc2)N([C@@H](CC)CC(C)(O)O)C1=O. The Morgan fingerprint density at radius 2 is 1.85 bits per heavy atom. The monoisotopic (exact) mass is 489 g/mol. The van der Waals surface area contributed by atoms with Crippen LogP contribution in [0, 0.1) is 5.41 Å². The summed E-state index contributed by atoms with van der Waals surface area (Å²) in [6, 6.07) is 14.7. The molecule has 2 unspecified atom stereocenters. The number of piperidine rings is 1. The van der Waals surface area contributed by atoms with Crippen LogP contribution in [0.5, 0.6) is 0 Å². The average molecular weight is 490 g/mol. The fourth-order valence-electron chi connectivity index (χ4n) is 5.17. The normalized spacial score (nSPS) is 24.6. The molecule has 33 heavy (non-hydrogen) atoms. The number of allylic oxidation sites excluding steroid dienone is 1. The van der Waals surface area contributed by atoms with Crippen LogP contribution in [0.3, 0.4) is 0 Å². The number of rotatable bonds is 8. The van der Waals surface area contributed by atoms with Crippen molar-refractivity contribution < 1.29 is 15.0 Å². The van der Waals surface area contributed by atoms with Crippen LogP contribution in [0.1, 0.15) is 69.5 Å². The van der Waals surface area contributed by atoms with E-state index in [0.29, 0.717) is 29.3 Å². The van der Waals surface area contributed by atoms with Crippen LogP contribution in [0.2, 0.25) is 10.0 Å². The highest BCUT2D eigenvalue weighted by molar-refractivity contribution is 6.30. The standard InChI is InChI=1S/C27H33Cl2NO3/c1-5-14-26(3)17-23(19-8-7-9-21(29)15-19)24(18-10-12-20(28)13-11-18)30(25(26)31)22(6-2)16-27(4,32)33/h5,7-13,15,22-24,32-33H,1,6,14,16-17H2,2-4H3/t22-,23?,24?,26-/m0/s1. The molecule has 0 aliphatic carbocycles. The maximum Gasteiger partial charge on any atom is 0.229 e. The molecule has 4 nitrogen and oxygen atoms in total. The van der Waals surface area contributed by atoms with Crippen LogP contribution in [-0.4, -0.2) is 32.8 Å². The third-order valence-electron chi connectivity index (χ3n) is 6.67. The molecule has 1 heterocycles. The van der Waals surface area contributed by atoms with Crippen molar-refractivity contribution in [2.24, 2.45) is 5.41 Å². The maximum atomic E-state index is 14.1. The Hall–Kier alpha value is -1.85. The summed E-state index contributed by atoms with van der Waals surface area (Å²) in [5, 5.41) is 21.8. The van der Waals surface area contributed by atoms with Crippen molar-refractivity contribution in [2.75, 3.05) is 0 Å². The minimum absolute atomic E-state index is 0.00303. The quantitative estimate of drug-likeness (QED) is 0.328. The molecule has 0 radical (unpaired) electrons. The van der Waals surface area contributed by atoms with Gasteiger partial charge in [-0.1, -0.05) is 67.4 Å². The van der Waals surface area contributed by atoms with E-state index in [1.54, 1.807) is 6.08 Å². The summed E-state index contributed by atoms with van der Waals surface area (Å²) >= 11 is 12.6. The number of hydrogen-bond donors (Lipinski definition) is 2. The van der Waals surface area contributed by atoms with Gasteiger partial charge in [-0.05, 0) is 61.6 Å². The van der Waals surface area contributed by atoms with Crippen LogP contribution in [0.15, 0.2) is 61.2 Å². The number of likely N-dealkylation sites (tertiary alicyclic amines) is 1. The summed E-state index contributed by atoms with van der Waals surface area (Å²) in [6.45, 7) is 9.20. The second-order valence-corrected chi connectivity index (χ2v) is 10.5. The minimum atomic E-state index is -1.90. The third kappa shape index (κ3) is 5.81. The summed E-state index contributed by atoms with van der Waals surface area (Å²) in [4.78, 5) is 16.0. The van der Waals surface area contributed by atoms with Crippen molar-refractivity contribution in [3.8, 4) is 0 Å². The van der Waals surface area contributed by atoms with Gasteiger partial charge >= 0.3 is 0 Å². The zero-order valence-electron chi connectivity index (χ0n) is 19.5. The van der Waals surface area contributed by atoms with Gasteiger partial charge in [0.25, 0.3) is 0 Å². The molecule has 1 aliphatic heterocycles. The van der Waals surface area contributed by atoms with E-state index < -0.39 is 11.2 Å². The molecule has 1 saturated heterocycles. The van der Waals surface area contributed by atoms with Crippen molar-refractivity contribution in [3.63, 3.8) is 0 Å². The van der Waals surface area contributed by atoms with Gasteiger partial charge in [-0.2, -0.15) is 0 Å². The zero-order valence-corrected chi connectivity index (χ0v) is 21.0.